The Kier molecular flexibility index (Phi) is 4.27. The average Bonchev–Trinajstić information content (AvgIpc) is 2.46. The minimum atomic E-state index is 0.118. The number of amides is 1. The van der Waals surface area contributed by atoms with Gasteiger partial charge in [-0.1, -0.05) is 6.07 Å². The highest BCUT2D eigenvalue weighted by Gasteiger charge is 2.23. The monoisotopic (exact) mass is 264 g/mol. The Balaban J connectivity index is 2.19. The van der Waals surface area contributed by atoms with Crippen LogP contribution in [0.1, 0.15) is 18.5 Å². The van der Waals surface area contributed by atoms with E-state index in [1.165, 1.54) is 0 Å². The van der Waals surface area contributed by atoms with E-state index in [9.17, 15) is 4.79 Å². The number of piperazine rings is 1. The molecule has 1 unspecified atom stereocenters. The molecule has 1 atom stereocenters. The summed E-state index contributed by atoms with van der Waals surface area (Å²) in [4.78, 5) is 13.3. The normalized spacial score (nSPS) is 19.1. The van der Waals surface area contributed by atoms with Gasteiger partial charge in [-0.05, 0) is 17.7 Å². The van der Waals surface area contributed by atoms with Gasteiger partial charge in [0.05, 0.1) is 20.3 Å². The van der Waals surface area contributed by atoms with Gasteiger partial charge in [-0.15, -0.1) is 0 Å². The number of carbonyl (C=O) groups excluding carboxylic acids is 1. The number of methoxy groups -OCH3 is 2. The summed E-state index contributed by atoms with van der Waals surface area (Å²) < 4.78 is 10.5. The van der Waals surface area contributed by atoms with Gasteiger partial charge in [-0.25, -0.2) is 0 Å². The molecule has 5 nitrogen and oxygen atoms in total. The van der Waals surface area contributed by atoms with E-state index in [1.807, 2.05) is 23.1 Å². The Hall–Kier alpha value is -1.75. The van der Waals surface area contributed by atoms with Gasteiger partial charge < -0.3 is 19.7 Å². The summed E-state index contributed by atoms with van der Waals surface area (Å²) >= 11 is 0. The maximum Gasteiger partial charge on any atom is 0.219 e. The molecule has 1 aliphatic heterocycles. The highest BCUT2D eigenvalue weighted by molar-refractivity contribution is 5.73. The van der Waals surface area contributed by atoms with Gasteiger partial charge in [0, 0.05) is 26.6 Å². The fraction of sp³-hybridized carbons (Fsp3) is 0.500. The van der Waals surface area contributed by atoms with Crippen molar-refractivity contribution in [2.75, 3.05) is 33.9 Å². The van der Waals surface area contributed by atoms with E-state index in [1.54, 1.807) is 21.1 Å². The lowest BCUT2D eigenvalue weighted by molar-refractivity contribution is -0.130. The van der Waals surface area contributed by atoms with Crippen molar-refractivity contribution in [3.05, 3.63) is 23.8 Å². The summed E-state index contributed by atoms with van der Waals surface area (Å²) in [5.74, 6) is 1.54. The van der Waals surface area contributed by atoms with Crippen molar-refractivity contribution in [1.29, 1.82) is 0 Å². The topological polar surface area (TPSA) is 50.8 Å². The van der Waals surface area contributed by atoms with Gasteiger partial charge in [0.25, 0.3) is 0 Å². The molecule has 1 heterocycles. The van der Waals surface area contributed by atoms with Gasteiger partial charge >= 0.3 is 0 Å². The smallest absolute Gasteiger partial charge is 0.219 e. The fourth-order valence-corrected chi connectivity index (χ4v) is 2.33. The number of hydrogen-bond donors (Lipinski definition) is 1. The highest BCUT2D eigenvalue weighted by Crippen LogP contribution is 2.30. The van der Waals surface area contributed by atoms with E-state index < -0.39 is 0 Å². The van der Waals surface area contributed by atoms with E-state index in [4.69, 9.17) is 9.47 Å². The zero-order chi connectivity index (χ0) is 13.8. The van der Waals surface area contributed by atoms with E-state index in [0.717, 1.165) is 18.7 Å². The molecule has 1 aromatic carbocycles. The van der Waals surface area contributed by atoms with Crippen molar-refractivity contribution in [2.24, 2.45) is 0 Å². The van der Waals surface area contributed by atoms with Gasteiger partial charge in [0.15, 0.2) is 11.5 Å². The molecule has 1 aromatic rings. The van der Waals surface area contributed by atoms with Crippen molar-refractivity contribution in [3.8, 4) is 11.5 Å². The molecule has 0 bridgehead atoms. The van der Waals surface area contributed by atoms with Crippen LogP contribution in [0.2, 0.25) is 0 Å². The highest BCUT2D eigenvalue weighted by atomic mass is 16.5. The fourth-order valence-electron chi connectivity index (χ4n) is 2.33. The summed E-state index contributed by atoms with van der Waals surface area (Å²) in [5.41, 5.74) is 1.10. The molecule has 1 aliphatic rings. The molecule has 0 spiro atoms. The Morgan fingerprint density at radius 1 is 1.32 bits per heavy atom. The maximum atomic E-state index is 11.5. The zero-order valence-corrected chi connectivity index (χ0v) is 11.6. The lowest BCUT2D eigenvalue weighted by Gasteiger charge is -2.33. The molecular formula is C14H20N2O3. The number of benzene rings is 1. The first-order valence-corrected chi connectivity index (χ1v) is 6.36. The second-order valence-electron chi connectivity index (χ2n) is 4.59. The number of carbonyl (C=O) groups is 1. The third kappa shape index (κ3) is 2.98. The van der Waals surface area contributed by atoms with Crippen LogP contribution < -0.4 is 14.8 Å². The molecule has 0 aromatic heterocycles. The van der Waals surface area contributed by atoms with Crippen LogP contribution in [-0.4, -0.2) is 44.7 Å². The van der Waals surface area contributed by atoms with Crippen molar-refractivity contribution in [3.63, 3.8) is 0 Å². The largest absolute Gasteiger partial charge is 0.493 e. The van der Waals surface area contributed by atoms with Gasteiger partial charge in [-0.2, -0.15) is 0 Å². The molecule has 0 aliphatic carbocycles. The van der Waals surface area contributed by atoms with Crippen LogP contribution in [0.15, 0.2) is 18.2 Å². The number of hydrogen-bond acceptors (Lipinski definition) is 4. The Morgan fingerprint density at radius 2 is 2.05 bits per heavy atom. The number of nitrogens with one attached hydrogen (secondary N) is 1. The Bertz CT molecular complexity index is 462. The maximum absolute atomic E-state index is 11.5. The molecule has 19 heavy (non-hydrogen) atoms. The van der Waals surface area contributed by atoms with Crippen LogP contribution in [0.4, 0.5) is 0 Å². The lowest BCUT2D eigenvalue weighted by Crippen LogP contribution is -2.47. The third-order valence-electron chi connectivity index (χ3n) is 3.43. The summed E-state index contributed by atoms with van der Waals surface area (Å²) in [7, 11) is 3.24. The Morgan fingerprint density at radius 3 is 2.68 bits per heavy atom. The van der Waals surface area contributed by atoms with E-state index in [2.05, 4.69) is 5.32 Å². The van der Waals surface area contributed by atoms with Crippen LogP contribution in [0.25, 0.3) is 0 Å². The molecule has 104 valence electrons. The molecule has 1 fully saturated rings. The number of rotatable bonds is 3. The third-order valence-corrected chi connectivity index (χ3v) is 3.43. The molecule has 0 radical (unpaired) electrons. The second kappa shape index (κ2) is 5.93. The Labute approximate surface area is 113 Å². The summed E-state index contributed by atoms with van der Waals surface area (Å²) in [6, 6.07) is 5.99. The first kappa shape index (κ1) is 13.7. The van der Waals surface area contributed by atoms with Crippen molar-refractivity contribution < 1.29 is 14.3 Å². The van der Waals surface area contributed by atoms with E-state index in [-0.39, 0.29) is 11.9 Å². The van der Waals surface area contributed by atoms with Crippen LogP contribution in [0.5, 0.6) is 11.5 Å². The van der Waals surface area contributed by atoms with Gasteiger partial charge in [-0.3, -0.25) is 4.79 Å². The van der Waals surface area contributed by atoms with Crippen molar-refractivity contribution >= 4 is 5.91 Å². The quantitative estimate of drug-likeness (QED) is 0.891. The molecule has 1 amide bonds. The minimum Gasteiger partial charge on any atom is -0.493 e. The van der Waals surface area contributed by atoms with Crippen molar-refractivity contribution in [2.45, 2.75) is 13.0 Å². The lowest BCUT2D eigenvalue weighted by atomic mass is 10.0. The predicted molar refractivity (Wildman–Crippen MR) is 72.5 cm³/mol. The van der Waals surface area contributed by atoms with Crippen LogP contribution in [-0.2, 0) is 4.79 Å². The van der Waals surface area contributed by atoms with E-state index >= 15 is 0 Å². The molecular weight excluding hydrogens is 244 g/mol. The minimum absolute atomic E-state index is 0.118. The van der Waals surface area contributed by atoms with Crippen LogP contribution in [0, 0.1) is 0 Å². The van der Waals surface area contributed by atoms with Crippen molar-refractivity contribution in [1.82, 2.24) is 10.2 Å². The van der Waals surface area contributed by atoms with E-state index in [0.29, 0.717) is 18.0 Å². The molecule has 1 saturated heterocycles. The van der Waals surface area contributed by atoms with Gasteiger partial charge in [0.1, 0.15) is 0 Å². The van der Waals surface area contributed by atoms with Gasteiger partial charge in [0.2, 0.25) is 5.91 Å². The predicted octanol–water partition coefficient (Wildman–Crippen LogP) is 1.20. The number of ether oxygens (including phenoxy) is 2. The zero-order valence-electron chi connectivity index (χ0n) is 11.6. The summed E-state index contributed by atoms with van der Waals surface area (Å²) in [6.45, 7) is 3.86. The van der Waals surface area contributed by atoms with Crippen LogP contribution >= 0.6 is 0 Å². The van der Waals surface area contributed by atoms with Crippen LogP contribution in [0.3, 0.4) is 0 Å². The summed E-state index contributed by atoms with van der Waals surface area (Å²) in [6.07, 6.45) is 0. The SMILES string of the molecule is COc1ccc(C2CN(C(C)=O)CCN2)cc1OC. The first-order chi connectivity index (χ1) is 9.15. The molecule has 5 heteroatoms. The molecule has 2 rings (SSSR count). The summed E-state index contributed by atoms with van der Waals surface area (Å²) in [5, 5.41) is 3.42. The molecule has 1 N–H and O–H groups in total. The standard InChI is InChI=1S/C14H20N2O3/c1-10(17)16-7-6-15-12(9-16)11-4-5-13(18-2)14(8-11)19-3/h4-5,8,12,15H,6-7,9H2,1-3H3. The second-order valence-corrected chi connectivity index (χ2v) is 4.59. The molecule has 0 saturated carbocycles. The first-order valence-electron chi connectivity index (χ1n) is 6.36. The average molecular weight is 264 g/mol. The number of nitrogens with zero attached hydrogens (tertiary/aromatic N) is 1.